The van der Waals surface area contributed by atoms with Crippen molar-refractivity contribution in [3.63, 3.8) is 0 Å². The topological polar surface area (TPSA) is 46.9 Å². The van der Waals surface area contributed by atoms with Gasteiger partial charge in [-0.3, -0.25) is 4.98 Å². The number of nitrogens with one attached hydrogen (secondary N) is 1. The highest BCUT2D eigenvalue weighted by molar-refractivity contribution is 5.73. The number of hydrogen-bond donors (Lipinski definition) is 1. The first-order valence-electron chi connectivity index (χ1n) is 3.38. The minimum absolute atomic E-state index is 0.896. The minimum atomic E-state index is 0.896. The molecule has 0 fully saturated rings. The fourth-order valence-corrected chi connectivity index (χ4v) is 0.936. The summed E-state index contributed by atoms with van der Waals surface area (Å²) in [5.41, 5.74) is 0. The number of hydrogen-bond acceptors (Lipinski definition) is 3. The Morgan fingerprint density at radius 2 is 2.45 bits per heavy atom. The van der Waals surface area contributed by atoms with Crippen LogP contribution in [0.1, 0.15) is 5.82 Å². The standard InChI is InChI=1S/C7H8N4/c1-6-8-5-7(10-6)11-4-2-3-9-11/h2-5H,1H3,(H,8,10)/q+1. The molecule has 0 aromatic carbocycles. The van der Waals surface area contributed by atoms with E-state index in [1.54, 1.807) is 17.4 Å². The van der Waals surface area contributed by atoms with Gasteiger partial charge in [-0.05, 0) is 12.0 Å². The first-order valence-corrected chi connectivity index (χ1v) is 3.38. The van der Waals surface area contributed by atoms with E-state index in [1.165, 1.54) is 0 Å². The lowest BCUT2D eigenvalue weighted by molar-refractivity contribution is 0.733. The number of rotatable bonds is 1. The molecule has 4 nitrogen and oxygen atoms in total. The summed E-state index contributed by atoms with van der Waals surface area (Å²) < 4.78 is 0. The average molecular weight is 148 g/mol. The summed E-state index contributed by atoms with van der Waals surface area (Å²) in [4.78, 5) is 7.12. The molecule has 1 radical (unpaired) electrons. The summed E-state index contributed by atoms with van der Waals surface area (Å²) in [5.74, 6) is 1.79. The molecular formula is C7H8N4+. The molecule has 11 heavy (non-hydrogen) atoms. The SMILES string of the molecule is Cc1ncc([N+]2C=CC=N2)[nH]1. The summed E-state index contributed by atoms with van der Waals surface area (Å²) in [6.45, 7) is 1.91. The molecular weight excluding hydrogens is 140 g/mol. The van der Waals surface area contributed by atoms with E-state index in [0.717, 1.165) is 11.6 Å². The molecule has 1 N–H and O–H groups in total. The molecule has 4 heteroatoms. The van der Waals surface area contributed by atoms with Crippen molar-refractivity contribution in [3.8, 4) is 0 Å². The van der Waals surface area contributed by atoms with Crippen LogP contribution in [-0.2, 0) is 0 Å². The van der Waals surface area contributed by atoms with Crippen molar-refractivity contribution >= 4 is 12.0 Å². The second-order valence-corrected chi connectivity index (χ2v) is 2.30. The normalized spacial score (nSPS) is 16.5. The molecule has 0 atom stereocenters. The Kier molecular flexibility index (Phi) is 1.33. The van der Waals surface area contributed by atoms with Gasteiger partial charge < -0.3 is 0 Å². The Hall–Kier alpha value is -1.42. The largest absolute Gasteiger partial charge is 0.310 e. The fourth-order valence-electron chi connectivity index (χ4n) is 0.936. The van der Waals surface area contributed by atoms with Gasteiger partial charge in [0, 0.05) is 6.08 Å². The third kappa shape index (κ3) is 1.08. The second-order valence-electron chi connectivity index (χ2n) is 2.30. The smallest absolute Gasteiger partial charge is 0.291 e. The predicted octanol–water partition coefficient (Wildman–Crippen LogP) is 1.00. The molecule has 0 saturated carbocycles. The highest BCUT2D eigenvalue weighted by atomic mass is 15.5. The molecule has 1 aromatic heterocycles. The third-order valence-electron chi connectivity index (χ3n) is 1.44. The van der Waals surface area contributed by atoms with E-state index in [1.807, 2.05) is 19.2 Å². The molecule has 1 aliphatic rings. The van der Waals surface area contributed by atoms with Crippen LogP contribution in [0.25, 0.3) is 0 Å². The van der Waals surface area contributed by atoms with E-state index in [0.29, 0.717) is 0 Å². The van der Waals surface area contributed by atoms with Crippen LogP contribution in [0, 0.1) is 6.92 Å². The number of nitrogens with zero attached hydrogens (tertiary/aromatic N) is 3. The van der Waals surface area contributed by atoms with Gasteiger partial charge in [-0.1, -0.05) is 0 Å². The average Bonchev–Trinajstić information content (AvgIpc) is 2.55. The van der Waals surface area contributed by atoms with E-state index in [9.17, 15) is 0 Å². The molecule has 0 amide bonds. The van der Waals surface area contributed by atoms with Crippen LogP contribution in [0.4, 0.5) is 5.82 Å². The Morgan fingerprint density at radius 1 is 1.55 bits per heavy atom. The number of allylic oxidation sites excluding steroid dienone is 1. The van der Waals surface area contributed by atoms with E-state index in [-0.39, 0.29) is 0 Å². The minimum Gasteiger partial charge on any atom is -0.291 e. The number of anilines is 1. The van der Waals surface area contributed by atoms with Gasteiger partial charge in [0.2, 0.25) is 0 Å². The number of H-pyrrole nitrogens is 1. The second kappa shape index (κ2) is 2.32. The van der Waals surface area contributed by atoms with Crippen LogP contribution in [-0.4, -0.2) is 16.2 Å². The van der Waals surface area contributed by atoms with E-state index in [4.69, 9.17) is 0 Å². The van der Waals surface area contributed by atoms with Gasteiger partial charge in [-0.25, -0.2) is 4.98 Å². The quantitative estimate of drug-likeness (QED) is 0.593. The highest BCUT2D eigenvalue weighted by Gasteiger charge is 2.19. The Labute approximate surface area is 64.2 Å². The maximum Gasteiger partial charge on any atom is 0.310 e. The van der Waals surface area contributed by atoms with Gasteiger partial charge in [0.05, 0.1) is 11.2 Å². The molecule has 1 aliphatic heterocycles. The number of aromatic nitrogens is 2. The van der Waals surface area contributed by atoms with Crippen molar-refractivity contribution in [2.45, 2.75) is 6.92 Å². The molecule has 0 unspecified atom stereocenters. The van der Waals surface area contributed by atoms with Gasteiger partial charge in [-0.15, -0.1) is 0 Å². The summed E-state index contributed by atoms with van der Waals surface area (Å²) >= 11 is 0. The summed E-state index contributed by atoms with van der Waals surface area (Å²) in [5, 5.41) is 5.78. The van der Waals surface area contributed by atoms with E-state index in [2.05, 4.69) is 15.1 Å². The first kappa shape index (κ1) is 6.30. The Bertz CT molecular complexity index is 298. The molecule has 2 rings (SSSR count). The van der Waals surface area contributed by atoms with Crippen molar-refractivity contribution in [2.24, 2.45) is 5.10 Å². The maximum atomic E-state index is 4.06. The molecule has 2 heterocycles. The maximum absolute atomic E-state index is 4.06. The van der Waals surface area contributed by atoms with Gasteiger partial charge >= 0.3 is 5.82 Å². The van der Waals surface area contributed by atoms with Gasteiger partial charge in [0.25, 0.3) is 0 Å². The monoisotopic (exact) mass is 148 g/mol. The zero-order valence-electron chi connectivity index (χ0n) is 6.15. The Balaban J connectivity index is 2.29. The van der Waals surface area contributed by atoms with Crippen molar-refractivity contribution < 1.29 is 0 Å². The molecule has 0 aliphatic carbocycles. The Morgan fingerprint density at radius 3 is 3.00 bits per heavy atom. The highest BCUT2D eigenvalue weighted by Crippen LogP contribution is 2.12. The van der Waals surface area contributed by atoms with Crippen LogP contribution in [0.15, 0.2) is 23.6 Å². The lowest BCUT2D eigenvalue weighted by Gasteiger charge is -1.87. The molecule has 0 saturated heterocycles. The molecule has 55 valence electrons. The first-order chi connectivity index (χ1) is 5.36. The number of aryl methyl sites for hydroxylation is 1. The zero-order chi connectivity index (χ0) is 7.68. The van der Waals surface area contributed by atoms with Crippen molar-refractivity contribution in [2.75, 3.05) is 0 Å². The van der Waals surface area contributed by atoms with E-state index >= 15 is 0 Å². The van der Waals surface area contributed by atoms with Crippen molar-refractivity contribution in [3.05, 3.63) is 24.3 Å². The number of aromatic amines is 1. The number of imidazole rings is 1. The summed E-state index contributed by atoms with van der Waals surface area (Å²) in [7, 11) is 0. The molecule has 1 aromatic rings. The lowest BCUT2D eigenvalue weighted by Crippen LogP contribution is -2.05. The van der Waals surface area contributed by atoms with E-state index < -0.39 is 0 Å². The van der Waals surface area contributed by atoms with Crippen molar-refractivity contribution in [1.82, 2.24) is 15.0 Å². The molecule has 0 spiro atoms. The third-order valence-corrected chi connectivity index (χ3v) is 1.44. The fraction of sp³-hybridized carbons (Fsp3) is 0.143. The van der Waals surface area contributed by atoms with Crippen LogP contribution < -0.4 is 5.01 Å². The predicted molar refractivity (Wildman–Crippen MR) is 42.8 cm³/mol. The lowest BCUT2D eigenvalue weighted by atomic mass is 10.6. The van der Waals surface area contributed by atoms with Gasteiger partial charge in [-0.2, -0.15) is 0 Å². The summed E-state index contributed by atoms with van der Waals surface area (Å²) in [6.07, 6.45) is 7.22. The zero-order valence-corrected chi connectivity index (χ0v) is 6.15. The number of hydrazone groups is 1. The van der Waals surface area contributed by atoms with Crippen molar-refractivity contribution in [1.29, 1.82) is 0 Å². The van der Waals surface area contributed by atoms with Crippen LogP contribution >= 0.6 is 0 Å². The van der Waals surface area contributed by atoms with Crippen LogP contribution in [0.2, 0.25) is 0 Å². The summed E-state index contributed by atoms with van der Waals surface area (Å²) in [6, 6.07) is 0. The molecule has 0 bridgehead atoms. The van der Waals surface area contributed by atoms with Crippen LogP contribution in [0.5, 0.6) is 0 Å². The van der Waals surface area contributed by atoms with Gasteiger partial charge in [0.15, 0.2) is 6.20 Å². The van der Waals surface area contributed by atoms with Gasteiger partial charge in [0.1, 0.15) is 12.0 Å². The van der Waals surface area contributed by atoms with Crippen LogP contribution in [0.3, 0.4) is 0 Å².